The molecule has 2 unspecified atom stereocenters. The second kappa shape index (κ2) is 7.04. The van der Waals surface area contributed by atoms with Crippen molar-refractivity contribution < 1.29 is 0 Å². The first-order valence-electron chi connectivity index (χ1n) is 6.47. The molecule has 0 aromatic heterocycles. The zero-order valence-corrected chi connectivity index (χ0v) is 12.9. The molecular formula is C14H19Cl2NS. The van der Waals surface area contributed by atoms with E-state index in [1.165, 1.54) is 25.0 Å². The van der Waals surface area contributed by atoms with Crippen LogP contribution in [0.1, 0.15) is 37.8 Å². The van der Waals surface area contributed by atoms with Crippen LogP contribution in [0.4, 0.5) is 0 Å². The predicted molar refractivity (Wildman–Crippen MR) is 83.0 cm³/mol. The maximum absolute atomic E-state index is 6.21. The van der Waals surface area contributed by atoms with Crippen molar-refractivity contribution in [3.63, 3.8) is 0 Å². The molecule has 2 rings (SSSR count). The van der Waals surface area contributed by atoms with Gasteiger partial charge in [0, 0.05) is 27.9 Å². The standard InChI is InChI=1S/C14H19Cl2NS/c1-10(13-8-11(15)5-6-14(13)16)17-9-12-4-2-3-7-18-12/h5-6,8,10,12,17H,2-4,7,9H2,1H3. The predicted octanol–water partition coefficient (Wildman–Crippen LogP) is 4.93. The van der Waals surface area contributed by atoms with E-state index in [-0.39, 0.29) is 6.04 Å². The van der Waals surface area contributed by atoms with Crippen LogP contribution in [0.3, 0.4) is 0 Å². The summed E-state index contributed by atoms with van der Waals surface area (Å²) in [7, 11) is 0. The molecule has 1 fully saturated rings. The van der Waals surface area contributed by atoms with Crippen molar-refractivity contribution in [3.05, 3.63) is 33.8 Å². The Morgan fingerprint density at radius 1 is 1.39 bits per heavy atom. The topological polar surface area (TPSA) is 12.0 Å². The molecule has 18 heavy (non-hydrogen) atoms. The Bertz CT molecular complexity index is 391. The average molecular weight is 304 g/mol. The van der Waals surface area contributed by atoms with Gasteiger partial charge in [0.15, 0.2) is 0 Å². The van der Waals surface area contributed by atoms with Gasteiger partial charge in [-0.1, -0.05) is 29.6 Å². The molecule has 1 heterocycles. The first kappa shape index (κ1) is 14.5. The van der Waals surface area contributed by atoms with Gasteiger partial charge >= 0.3 is 0 Å². The normalized spacial score (nSPS) is 21.8. The van der Waals surface area contributed by atoms with Crippen LogP contribution in [-0.4, -0.2) is 17.5 Å². The van der Waals surface area contributed by atoms with E-state index in [2.05, 4.69) is 24.0 Å². The van der Waals surface area contributed by atoms with E-state index < -0.39 is 0 Å². The Morgan fingerprint density at radius 2 is 2.22 bits per heavy atom. The van der Waals surface area contributed by atoms with Gasteiger partial charge in [0.05, 0.1) is 0 Å². The molecule has 0 spiro atoms. The van der Waals surface area contributed by atoms with Gasteiger partial charge in [-0.3, -0.25) is 0 Å². The van der Waals surface area contributed by atoms with Gasteiger partial charge in [0.25, 0.3) is 0 Å². The summed E-state index contributed by atoms with van der Waals surface area (Å²) in [5, 5.41) is 5.86. The molecule has 4 heteroatoms. The van der Waals surface area contributed by atoms with E-state index in [0.717, 1.165) is 27.4 Å². The van der Waals surface area contributed by atoms with Crippen LogP contribution in [0, 0.1) is 0 Å². The van der Waals surface area contributed by atoms with Gasteiger partial charge in [0.1, 0.15) is 0 Å². The highest BCUT2D eigenvalue weighted by molar-refractivity contribution is 7.99. The minimum Gasteiger partial charge on any atom is -0.309 e. The lowest BCUT2D eigenvalue weighted by Crippen LogP contribution is -2.29. The summed E-state index contributed by atoms with van der Waals surface area (Å²) in [4.78, 5) is 0. The Balaban J connectivity index is 1.90. The Morgan fingerprint density at radius 3 is 2.94 bits per heavy atom. The summed E-state index contributed by atoms with van der Waals surface area (Å²) in [6.07, 6.45) is 4.07. The lowest BCUT2D eigenvalue weighted by atomic mass is 10.1. The van der Waals surface area contributed by atoms with Crippen LogP contribution in [0.25, 0.3) is 0 Å². The molecule has 1 aromatic carbocycles. The number of hydrogen-bond donors (Lipinski definition) is 1. The second-order valence-corrected chi connectivity index (χ2v) is 7.04. The van der Waals surface area contributed by atoms with Crippen molar-refractivity contribution in [1.29, 1.82) is 0 Å². The molecule has 1 aliphatic rings. The molecule has 1 nitrogen and oxygen atoms in total. The van der Waals surface area contributed by atoms with Crippen LogP contribution in [0.15, 0.2) is 18.2 Å². The summed E-state index contributed by atoms with van der Waals surface area (Å²) >= 11 is 14.3. The van der Waals surface area contributed by atoms with Gasteiger partial charge in [-0.05, 0) is 49.3 Å². The molecular weight excluding hydrogens is 285 g/mol. The van der Waals surface area contributed by atoms with E-state index in [0.29, 0.717) is 0 Å². The molecule has 1 aromatic rings. The minimum atomic E-state index is 0.249. The highest BCUT2D eigenvalue weighted by Gasteiger charge is 2.16. The van der Waals surface area contributed by atoms with Crippen LogP contribution in [-0.2, 0) is 0 Å². The Labute approximate surface area is 124 Å². The monoisotopic (exact) mass is 303 g/mol. The first-order valence-corrected chi connectivity index (χ1v) is 8.27. The lowest BCUT2D eigenvalue weighted by molar-refractivity contribution is 0.538. The molecule has 0 saturated carbocycles. The van der Waals surface area contributed by atoms with Gasteiger partial charge < -0.3 is 5.32 Å². The average Bonchev–Trinajstić information content (AvgIpc) is 2.40. The lowest BCUT2D eigenvalue weighted by Gasteiger charge is -2.24. The zero-order chi connectivity index (χ0) is 13.0. The fraction of sp³-hybridized carbons (Fsp3) is 0.571. The summed E-state index contributed by atoms with van der Waals surface area (Å²) in [6.45, 7) is 3.19. The van der Waals surface area contributed by atoms with Crippen molar-refractivity contribution >= 4 is 35.0 Å². The molecule has 2 atom stereocenters. The zero-order valence-electron chi connectivity index (χ0n) is 10.6. The summed E-state index contributed by atoms with van der Waals surface area (Å²) in [5.41, 5.74) is 1.09. The van der Waals surface area contributed by atoms with E-state index in [9.17, 15) is 0 Å². The second-order valence-electron chi connectivity index (χ2n) is 4.78. The number of halogens is 2. The molecule has 1 aliphatic heterocycles. The number of hydrogen-bond acceptors (Lipinski definition) is 2. The molecule has 1 saturated heterocycles. The van der Waals surface area contributed by atoms with E-state index in [4.69, 9.17) is 23.2 Å². The van der Waals surface area contributed by atoms with E-state index >= 15 is 0 Å². The van der Waals surface area contributed by atoms with Crippen molar-refractivity contribution in [3.8, 4) is 0 Å². The van der Waals surface area contributed by atoms with Crippen molar-refractivity contribution in [2.24, 2.45) is 0 Å². The molecule has 100 valence electrons. The maximum atomic E-state index is 6.21. The van der Waals surface area contributed by atoms with Crippen molar-refractivity contribution in [2.45, 2.75) is 37.5 Å². The molecule has 0 aliphatic carbocycles. The third-order valence-corrected chi connectivity index (χ3v) is 5.33. The molecule has 0 radical (unpaired) electrons. The van der Waals surface area contributed by atoms with Crippen molar-refractivity contribution in [1.82, 2.24) is 5.32 Å². The van der Waals surface area contributed by atoms with Crippen LogP contribution < -0.4 is 5.32 Å². The summed E-state index contributed by atoms with van der Waals surface area (Å²) in [6, 6.07) is 5.90. The van der Waals surface area contributed by atoms with E-state index in [1.807, 2.05) is 18.2 Å². The van der Waals surface area contributed by atoms with Crippen LogP contribution >= 0.6 is 35.0 Å². The first-order chi connectivity index (χ1) is 8.66. The number of benzene rings is 1. The fourth-order valence-electron chi connectivity index (χ4n) is 2.23. The Kier molecular flexibility index (Phi) is 5.68. The van der Waals surface area contributed by atoms with Crippen molar-refractivity contribution in [2.75, 3.05) is 12.3 Å². The SMILES string of the molecule is CC(NCC1CCCCS1)c1cc(Cl)ccc1Cl. The largest absolute Gasteiger partial charge is 0.309 e. The van der Waals surface area contributed by atoms with E-state index in [1.54, 1.807) is 0 Å². The van der Waals surface area contributed by atoms with Gasteiger partial charge in [-0.15, -0.1) is 0 Å². The fourth-order valence-corrected chi connectivity index (χ4v) is 3.95. The maximum Gasteiger partial charge on any atom is 0.0454 e. The quantitative estimate of drug-likeness (QED) is 0.846. The summed E-state index contributed by atoms with van der Waals surface area (Å²) < 4.78 is 0. The third-order valence-electron chi connectivity index (χ3n) is 3.35. The number of nitrogens with one attached hydrogen (secondary N) is 1. The molecule has 1 N–H and O–H groups in total. The van der Waals surface area contributed by atoms with Gasteiger partial charge in [-0.25, -0.2) is 0 Å². The van der Waals surface area contributed by atoms with Crippen LogP contribution in [0.2, 0.25) is 10.0 Å². The smallest absolute Gasteiger partial charge is 0.0454 e. The van der Waals surface area contributed by atoms with Gasteiger partial charge in [0.2, 0.25) is 0 Å². The highest BCUT2D eigenvalue weighted by Crippen LogP contribution is 2.28. The highest BCUT2D eigenvalue weighted by atomic mass is 35.5. The Hall–Kier alpha value is 0.110. The third kappa shape index (κ3) is 4.06. The molecule has 0 bridgehead atoms. The number of thioether (sulfide) groups is 1. The van der Waals surface area contributed by atoms with Gasteiger partial charge in [-0.2, -0.15) is 11.8 Å². The van der Waals surface area contributed by atoms with Crippen LogP contribution in [0.5, 0.6) is 0 Å². The summed E-state index contributed by atoms with van der Waals surface area (Å²) in [5.74, 6) is 1.30. The molecule has 0 amide bonds. The number of rotatable bonds is 4. The minimum absolute atomic E-state index is 0.249.